The lowest BCUT2D eigenvalue weighted by molar-refractivity contribution is -0.140. The first kappa shape index (κ1) is 34.5. The number of benzene rings is 3. The van der Waals surface area contributed by atoms with Crippen molar-refractivity contribution in [2.24, 2.45) is 0 Å². The van der Waals surface area contributed by atoms with E-state index in [9.17, 15) is 31.2 Å². The number of alkyl halides is 3. The number of carbonyl (C=O) groups is 2. The highest BCUT2D eigenvalue weighted by Gasteiger charge is 2.37. The van der Waals surface area contributed by atoms with Gasteiger partial charge < -0.3 is 10.2 Å². The second kappa shape index (κ2) is 13.3. The van der Waals surface area contributed by atoms with Gasteiger partial charge in [0.05, 0.1) is 21.2 Å². The molecule has 0 radical (unpaired) electrons. The van der Waals surface area contributed by atoms with Gasteiger partial charge in [0.2, 0.25) is 11.8 Å². The zero-order chi connectivity index (χ0) is 32.3. The Morgan fingerprint density at radius 2 is 1.53 bits per heavy atom. The number of sulfonamides is 1. The lowest BCUT2D eigenvalue weighted by atomic mass is 10.1. The summed E-state index contributed by atoms with van der Waals surface area (Å²) in [6.07, 6.45) is -4.83. The van der Waals surface area contributed by atoms with E-state index in [2.05, 4.69) is 5.32 Å². The third-order valence-corrected chi connectivity index (χ3v) is 8.85. The predicted octanol–water partition coefficient (Wildman–Crippen LogP) is 7.19. The third kappa shape index (κ3) is 8.78. The van der Waals surface area contributed by atoms with Crippen molar-refractivity contribution in [1.29, 1.82) is 0 Å². The normalized spacial score (nSPS) is 12.9. The summed E-state index contributed by atoms with van der Waals surface area (Å²) in [7, 11) is -4.64. The molecule has 0 fully saturated rings. The van der Waals surface area contributed by atoms with Crippen LogP contribution in [0.2, 0.25) is 15.1 Å². The molecule has 0 heterocycles. The largest absolute Gasteiger partial charge is 0.416 e. The highest BCUT2D eigenvalue weighted by molar-refractivity contribution is 7.92. The van der Waals surface area contributed by atoms with Crippen molar-refractivity contribution in [3.8, 4) is 0 Å². The van der Waals surface area contributed by atoms with Crippen molar-refractivity contribution in [3.05, 3.63) is 92.9 Å². The molecule has 43 heavy (non-hydrogen) atoms. The molecule has 0 bridgehead atoms. The van der Waals surface area contributed by atoms with Gasteiger partial charge in [0.15, 0.2) is 0 Å². The number of hydrogen-bond acceptors (Lipinski definition) is 4. The van der Waals surface area contributed by atoms with Crippen LogP contribution in [0.25, 0.3) is 0 Å². The van der Waals surface area contributed by atoms with E-state index in [1.165, 1.54) is 43.3 Å². The highest BCUT2D eigenvalue weighted by atomic mass is 35.5. The van der Waals surface area contributed by atoms with Crippen molar-refractivity contribution in [2.45, 2.75) is 56.9 Å². The SMILES string of the molecule is C[C@@H](C(=O)NC(C)(C)C)N(Cc1ccc(Cl)cc1Cl)C(=O)CN(c1cc(C(F)(F)F)ccc1Cl)S(=O)(=O)c1ccccc1. The van der Waals surface area contributed by atoms with Gasteiger partial charge in [0.1, 0.15) is 12.6 Å². The second-order valence-corrected chi connectivity index (χ2v) is 13.8. The van der Waals surface area contributed by atoms with Gasteiger partial charge in [-0.1, -0.05) is 59.1 Å². The molecule has 0 saturated carbocycles. The van der Waals surface area contributed by atoms with Crippen LogP contribution < -0.4 is 9.62 Å². The fourth-order valence-corrected chi connectivity index (χ4v) is 6.19. The van der Waals surface area contributed by atoms with Crippen LogP contribution in [-0.4, -0.2) is 43.3 Å². The number of nitrogens with zero attached hydrogens (tertiary/aromatic N) is 2. The first-order valence-electron chi connectivity index (χ1n) is 12.8. The topological polar surface area (TPSA) is 86.8 Å². The molecule has 0 saturated heterocycles. The standard InChI is InChI=1S/C29H29Cl3F3N3O4S/c1-18(27(40)36-28(2,3)4)37(16-19-10-12-21(30)15-24(19)32)26(39)17-38(43(41,42)22-8-6-5-7-9-22)25-14-20(29(33,34)35)11-13-23(25)31/h5-15,18H,16-17H2,1-4H3,(H,36,40)/t18-/m0/s1. The Bertz CT molecular complexity index is 1600. The van der Waals surface area contributed by atoms with Gasteiger partial charge in [0, 0.05) is 22.1 Å². The molecule has 0 aliphatic carbocycles. The lowest BCUT2D eigenvalue weighted by Gasteiger charge is -2.34. The van der Waals surface area contributed by atoms with Crippen molar-refractivity contribution in [2.75, 3.05) is 10.8 Å². The van der Waals surface area contributed by atoms with Crippen molar-refractivity contribution in [1.82, 2.24) is 10.2 Å². The molecule has 1 N–H and O–H groups in total. The summed E-state index contributed by atoms with van der Waals surface area (Å²) in [6.45, 7) is 5.42. The summed E-state index contributed by atoms with van der Waals surface area (Å²) in [6, 6.07) is 12.4. The van der Waals surface area contributed by atoms with Gasteiger partial charge in [-0.3, -0.25) is 13.9 Å². The molecule has 1 atom stereocenters. The van der Waals surface area contributed by atoms with E-state index >= 15 is 0 Å². The minimum Gasteiger partial charge on any atom is -0.350 e. The van der Waals surface area contributed by atoms with E-state index in [4.69, 9.17) is 34.8 Å². The summed E-state index contributed by atoms with van der Waals surface area (Å²) in [5.74, 6) is -1.46. The van der Waals surface area contributed by atoms with Crippen LogP contribution >= 0.6 is 34.8 Å². The van der Waals surface area contributed by atoms with E-state index in [1.54, 1.807) is 32.9 Å². The Labute approximate surface area is 263 Å². The number of anilines is 1. The second-order valence-electron chi connectivity index (χ2n) is 10.7. The molecule has 0 aliphatic rings. The number of halogens is 6. The number of nitrogens with one attached hydrogen (secondary N) is 1. The molecule has 3 aromatic rings. The highest BCUT2D eigenvalue weighted by Crippen LogP contribution is 2.37. The molecular weight excluding hydrogens is 650 g/mol. The maximum absolute atomic E-state index is 14.0. The van der Waals surface area contributed by atoms with E-state index < -0.39 is 57.4 Å². The molecular formula is C29H29Cl3F3N3O4S. The first-order valence-corrected chi connectivity index (χ1v) is 15.4. The fourth-order valence-electron chi connectivity index (χ4n) is 4.00. The maximum atomic E-state index is 14.0. The Kier molecular flexibility index (Phi) is 10.7. The minimum atomic E-state index is -4.83. The van der Waals surface area contributed by atoms with E-state index in [0.29, 0.717) is 27.0 Å². The monoisotopic (exact) mass is 677 g/mol. The summed E-state index contributed by atoms with van der Waals surface area (Å²) < 4.78 is 69.2. The van der Waals surface area contributed by atoms with Crippen molar-refractivity contribution >= 4 is 62.3 Å². The van der Waals surface area contributed by atoms with Crippen LogP contribution in [0, 0.1) is 0 Å². The van der Waals surface area contributed by atoms with Gasteiger partial charge in [-0.25, -0.2) is 8.42 Å². The maximum Gasteiger partial charge on any atom is 0.416 e. The predicted molar refractivity (Wildman–Crippen MR) is 162 cm³/mol. The Morgan fingerprint density at radius 1 is 0.907 bits per heavy atom. The van der Waals surface area contributed by atoms with Crippen molar-refractivity contribution in [3.63, 3.8) is 0 Å². The quantitative estimate of drug-likeness (QED) is 0.260. The van der Waals surface area contributed by atoms with Crippen LogP contribution in [-0.2, 0) is 32.3 Å². The van der Waals surface area contributed by atoms with E-state index in [1.807, 2.05) is 0 Å². The lowest BCUT2D eigenvalue weighted by Crippen LogP contribution is -2.54. The number of amides is 2. The van der Waals surface area contributed by atoms with Gasteiger partial charge in [-0.2, -0.15) is 13.2 Å². The molecule has 0 aliphatic heterocycles. The average molecular weight is 679 g/mol. The van der Waals surface area contributed by atoms with Gasteiger partial charge >= 0.3 is 6.18 Å². The first-order chi connectivity index (χ1) is 19.8. The molecule has 3 rings (SSSR count). The minimum absolute atomic E-state index is 0.184. The molecule has 0 aromatic heterocycles. The Hall–Kier alpha value is -2.99. The van der Waals surface area contributed by atoms with Crippen LogP contribution in [0.4, 0.5) is 18.9 Å². The number of carbonyl (C=O) groups excluding carboxylic acids is 2. The summed E-state index contributed by atoms with van der Waals surface area (Å²) >= 11 is 18.6. The Balaban J connectivity index is 2.15. The Morgan fingerprint density at radius 3 is 2.09 bits per heavy atom. The molecule has 232 valence electrons. The molecule has 0 spiro atoms. The number of rotatable bonds is 9. The molecule has 0 unspecified atom stereocenters. The zero-order valence-corrected chi connectivity index (χ0v) is 26.6. The molecule has 14 heteroatoms. The van der Waals surface area contributed by atoms with Crippen LogP contribution in [0.1, 0.15) is 38.8 Å². The van der Waals surface area contributed by atoms with Crippen LogP contribution in [0.15, 0.2) is 71.6 Å². The molecule has 2 amide bonds. The average Bonchev–Trinajstić information content (AvgIpc) is 2.90. The van der Waals surface area contributed by atoms with E-state index in [-0.39, 0.29) is 21.5 Å². The molecule has 3 aromatic carbocycles. The van der Waals surface area contributed by atoms with Crippen molar-refractivity contribution < 1.29 is 31.2 Å². The summed E-state index contributed by atoms with van der Waals surface area (Å²) in [5.41, 5.74) is -2.02. The third-order valence-electron chi connectivity index (χ3n) is 6.17. The zero-order valence-electron chi connectivity index (χ0n) is 23.5. The number of hydrogen-bond donors (Lipinski definition) is 1. The van der Waals surface area contributed by atoms with E-state index in [0.717, 1.165) is 11.0 Å². The summed E-state index contributed by atoms with van der Waals surface area (Å²) in [4.78, 5) is 28.0. The fraction of sp³-hybridized carbons (Fsp3) is 0.310. The molecule has 7 nitrogen and oxygen atoms in total. The van der Waals surface area contributed by atoms with Gasteiger partial charge in [-0.15, -0.1) is 0 Å². The van der Waals surface area contributed by atoms with Gasteiger partial charge in [-0.05, 0) is 75.7 Å². The smallest absolute Gasteiger partial charge is 0.350 e. The summed E-state index contributed by atoms with van der Waals surface area (Å²) in [5, 5.41) is 2.94. The van der Waals surface area contributed by atoms with Crippen LogP contribution in [0.3, 0.4) is 0 Å². The van der Waals surface area contributed by atoms with Crippen LogP contribution in [0.5, 0.6) is 0 Å². The van der Waals surface area contributed by atoms with Gasteiger partial charge in [0.25, 0.3) is 10.0 Å².